The molecule has 0 bridgehead atoms. The molecule has 10 heavy (non-hydrogen) atoms. The maximum Gasteiger partial charge on any atom is 0.233 e. The lowest BCUT2D eigenvalue weighted by molar-refractivity contribution is -0.120. The average molecular weight is 167 g/mol. The van der Waals surface area contributed by atoms with Crippen LogP contribution in [0.5, 0.6) is 0 Å². The maximum absolute atomic E-state index is 10.6. The van der Waals surface area contributed by atoms with Gasteiger partial charge in [0.15, 0.2) is 0 Å². The second-order valence-electron chi connectivity index (χ2n) is 1.73. The van der Waals surface area contributed by atoms with Crippen molar-refractivity contribution in [3.63, 3.8) is 0 Å². The number of likely N-dealkylation sites (N-methyl/N-ethyl adjacent to an activating group) is 2. The standard InChI is InChI=1S/C6H14N2O.ClH/c1-3-7-5-6(9)8-4-2;/h7H,3-5H2,1-2H3,(H,8,9);1H. The monoisotopic (exact) mass is 166 g/mol. The first kappa shape index (κ1) is 12.4. The van der Waals surface area contributed by atoms with Crippen molar-refractivity contribution < 1.29 is 4.79 Å². The zero-order chi connectivity index (χ0) is 7.11. The Kier molecular flexibility index (Phi) is 10.8. The van der Waals surface area contributed by atoms with E-state index in [1.165, 1.54) is 0 Å². The van der Waals surface area contributed by atoms with Crippen molar-refractivity contribution in [3.8, 4) is 0 Å². The van der Waals surface area contributed by atoms with Crippen molar-refractivity contribution in [2.45, 2.75) is 13.8 Å². The largest absolute Gasteiger partial charge is 0.355 e. The van der Waals surface area contributed by atoms with Gasteiger partial charge in [0.25, 0.3) is 0 Å². The van der Waals surface area contributed by atoms with Crippen LogP contribution in [-0.2, 0) is 4.79 Å². The fourth-order valence-corrected chi connectivity index (χ4v) is 0.498. The summed E-state index contributed by atoms with van der Waals surface area (Å²) in [5.41, 5.74) is 0. The van der Waals surface area contributed by atoms with Crippen molar-refractivity contribution >= 4 is 18.3 Å². The van der Waals surface area contributed by atoms with E-state index in [0.29, 0.717) is 13.1 Å². The van der Waals surface area contributed by atoms with Gasteiger partial charge < -0.3 is 10.6 Å². The molecule has 0 saturated carbocycles. The number of hydrogen-bond donors (Lipinski definition) is 2. The number of halogens is 1. The van der Waals surface area contributed by atoms with Crippen LogP contribution in [0.25, 0.3) is 0 Å². The predicted octanol–water partition coefficient (Wildman–Crippen LogP) is 0.154. The van der Waals surface area contributed by atoms with Gasteiger partial charge in [-0.25, -0.2) is 0 Å². The van der Waals surface area contributed by atoms with Crippen LogP contribution in [0.3, 0.4) is 0 Å². The van der Waals surface area contributed by atoms with Crippen molar-refractivity contribution in [3.05, 3.63) is 0 Å². The number of hydrogen-bond acceptors (Lipinski definition) is 2. The number of amides is 1. The Hall–Kier alpha value is -0.280. The van der Waals surface area contributed by atoms with E-state index in [1.54, 1.807) is 0 Å². The minimum absolute atomic E-state index is 0. The second-order valence-corrected chi connectivity index (χ2v) is 1.73. The Balaban J connectivity index is 0. The molecule has 0 aromatic carbocycles. The Morgan fingerprint density at radius 3 is 2.30 bits per heavy atom. The van der Waals surface area contributed by atoms with Crippen molar-refractivity contribution in [2.24, 2.45) is 0 Å². The molecule has 3 nitrogen and oxygen atoms in total. The summed E-state index contributed by atoms with van der Waals surface area (Å²) >= 11 is 0. The fourth-order valence-electron chi connectivity index (χ4n) is 0.498. The fraction of sp³-hybridized carbons (Fsp3) is 0.833. The molecule has 62 valence electrons. The molecule has 0 atom stereocenters. The van der Waals surface area contributed by atoms with Crippen molar-refractivity contribution in [1.82, 2.24) is 10.6 Å². The predicted molar refractivity (Wildman–Crippen MR) is 44.5 cm³/mol. The molecule has 0 aromatic heterocycles. The molecular formula is C6H15ClN2O. The topological polar surface area (TPSA) is 41.1 Å². The van der Waals surface area contributed by atoms with Crippen LogP contribution in [0.15, 0.2) is 0 Å². The van der Waals surface area contributed by atoms with E-state index in [4.69, 9.17) is 0 Å². The summed E-state index contributed by atoms with van der Waals surface area (Å²) in [5.74, 6) is 0.0688. The molecule has 0 unspecified atom stereocenters. The summed E-state index contributed by atoms with van der Waals surface area (Å²) in [7, 11) is 0. The van der Waals surface area contributed by atoms with Crippen LogP contribution in [0, 0.1) is 0 Å². The van der Waals surface area contributed by atoms with Gasteiger partial charge in [0.1, 0.15) is 0 Å². The first-order chi connectivity index (χ1) is 4.31. The van der Waals surface area contributed by atoms with Crippen LogP contribution in [0.4, 0.5) is 0 Å². The van der Waals surface area contributed by atoms with E-state index in [-0.39, 0.29) is 18.3 Å². The molecule has 0 aliphatic heterocycles. The molecule has 0 aliphatic carbocycles. The van der Waals surface area contributed by atoms with Gasteiger partial charge in [0.2, 0.25) is 5.91 Å². The molecule has 0 aromatic rings. The summed E-state index contributed by atoms with van der Waals surface area (Å²) in [6.07, 6.45) is 0. The number of carbonyl (C=O) groups excluding carboxylic acids is 1. The third kappa shape index (κ3) is 7.72. The zero-order valence-electron chi connectivity index (χ0n) is 6.44. The third-order valence-electron chi connectivity index (χ3n) is 0.910. The molecule has 2 N–H and O–H groups in total. The molecule has 1 amide bonds. The van der Waals surface area contributed by atoms with E-state index in [2.05, 4.69) is 10.6 Å². The Morgan fingerprint density at radius 1 is 1.30 bits per heavy atom. The van der Waals surface area contributed by atoms with Gasteiger partial charge >= 0.3 is 0 Å². The van der Waals surface area contributed by atoms with Gasteiger partial charge in [-0.15, -0.1) is 12.4 Å². The van der Waals surface area contributed by atoms with E-state index in [9.17, 15) is 4.79 Å². The lowest BCUT2D eigenvalue weighted by Crippen LogP contribution is -2.33. The minimum Gasteiger partial charge on any atom is -0.355 e. The van der Waals surface area contributed by atoms with E-state index < -0.39 is 0 Å². The molecular weight excluding hydrogens is 152 g/mol. The highest BCUT2D eigenvalue weighted by molar-refractivity contribution is 5.85. The zero-order valence-corrected chi connectivity index (χ0v) is 7.25. The minimum atomic E-state index is 0. The van der Waals surface area contributed by atoms with Gasteiger partial charge in [-0.3, -0.25) is 4.79 Å². The van der Waals surface area contributed by atoms with Crippen LogP contribution in [0.1, 0.15) is 13.8 Å². The molecule has 0 rings (SSSR count). The summed E-state index contributed by atoms with van der Waals surface area (Å²) < 4.78 is 0. The van der Waals surface area contributed by atoms with E-state index >= 15 is 0 Å². The molecule has 0 fully saturated rings. The van der Waals surface area contributed by atoms with Gasteiger partial charge in [-0.1, -0.05) is 6.92 Å². The average Bonchev–Trinajstić information content (AvgIpc) is 1.85. The van der Waals surface area contributed by atoms with Gasteiger partial charge in [-0.05, 0) is 13.5 Å². The molecule has 0 aliphatic rings. The van der Waals surface area contributed by atoms with Crippen LogP contribution < -0.4 is 10.6 Å². The molecule has 0 radical (unpaired) electrons. The van der Waals surface area contributed by atoms with Gasteiger partial charge in [-0.2, -0.15) is 0 Å². The van der Waals surface area contributed by atoms with Crippen molar-refractivity contribution in [1.29, 1.82) is 0 Å². The van der Waals surface area contributed by atoms with E-state index in [0.717, 1.165) is 6.54 Å². The SMILES string of the molecule is CCNCC(=O)NCC.Cl. The second kappa shape index (κ2) is 8.72. The van der Waals surface area contributed by atoms with Crippen molar-refractivity contribution in [2.75, 3.05) is 19.6 Å². The number of carbonyl (C=O) groups is 1. The first-order valence-electron chi connectivity index (χ1n) is 3.28. The lowest BCUT2D eigenvalue weighted by atomic mass is 10.5. The van der Waals surface area contributed by atoms with Crippen LogP contribution in [-0.4, -0.2) is 25.5 Å². The van der Waals surface area contributed by atoms with Crippen LogP contribution >= 0.6 is 12.4 Å². The highest BCUT2D eigenvalue weighted by Crippen LogP contribution is 1.61. The molecule has 0 saturated heterocycles. The number of rotatable bonds is 4. The summed E-state index contributed by atoms with van der Waals surface area (Å²) in [4.78, 5) is 10.6. The smallest absolute Gasteiger partial charge is 0.233 e. The van der Waals surface area contributed by atoms with E-state index in [1.807, 2.05) is 13.8 Å². The normalized spacial score (nSPS) is 8.20. The molecule has 0 spiro atoms. The molecule has 4 heteroatoms. The highest BCUT2D eigenvalue weighted by atomic mass is 35.5. The van der Waals surface area contributed by atoms with Gasteiger partial charge in [0.05, 0.1) is 6.54 Å². The Labute approximate surface area is 68.0 Å². The summed E-state index contributed by atoms with van der Waals surface area (Å²) in [5, 5.41) is 5.60. The lowest BCUT2D eigenvalue weighted by Gasteiger charge is -2.00. The Bertz CT molecular complexity index is 87.8. The van der Waals surface area contributed by atoms with Gasteiger partial charge in [0, 0.05) is 6.54 Å². The molecule has 0 heterocycles. The third-order valence-corrected chi connectivity index (χ3v) is 0.910. The van der Waals surface area contributed by atoms with Crippen LogP contribution in [0.2, 0.25) is 0 Å². The summed E-state index contributed by atoms with van der Waals surface area (Å²) in [6.45, 7) is 5.87. The summed E-state index contributed by atoms with van der Waals surface area (Å²) in [6, 6.07) is 0. The highest BCUT2D eigenvalue weighted by Gasteiger charge is 1.93. The number of nitrogens with one attached hydrogen (secondary N) is 2. The maximum atomic E-state index is 10.6. The first-order valence-corrected chi connectivity index (χ1v) is 3.28. The quantitative estimate of drug-likeness (QED) is 0.625. The Morgan fingerprint density at radius 2 is 1.90 bits per heavy atom.